The Morgan fingerprint density at radius 2 is 2.15 bits per heavy atom. The van der Waals surface area contributed by atoms with Crippen molar-refractivity contribution in [1.29, 1.82) is 0 Å². The van der Waals surface area contributed by atoms with E-state index in [1.807, 2.05) is 26.0 Å². The van der Waals surface area contributed by atoms with Gasteiger partial charge in [0.05, 0.1) is 11.7 Å². The smallest absolute Gasteiger partial charge is 0.344 e. The maximum atomic E-state index is 11.7. The Bertz CT molecular complexity index is 815. The number of fused-ring (bicyclic) bond motifs is 1. The van der Waals surface area contributed by atoms with Crippen molar-refractivity contribution in [3.05, 3.63) is 28.8 Å². The van der Waals surface area contributed by atoms with E-state index in [0.717, 1.165) is 15.8 Å². The Morgan fingerprint density at radius 3 is 2.90 bits per heavy atom. The fraction of sp³-hybridized carbons (Fsp3) is 0.250. The maximum Gasteiger partial charge on any atom is 0.344 e. The molecule has 2 aromatic heterocycles. The zero-order chi connectivity index (χ0) is 14.3. The van der Waals surface area contributed by atoms with Crippen LogP contribution in [0.4, 0.5) is 5.69 Å². The Balaban J connectivity index is 2.05. The molecule has 3 rings (SSSR count). The molecule has 0 bridgehead atoms. The van der Waals surface area contributed by atoms with Crippen LogP contribution in [0, 0.1) is 0 Å². The molecule has 0 aliphatic carbocycles. The maximum absolute atomic E-state index is 11.7. The van der Waals surface area contributed by atoms with Crippen LogP contribution in [0.2, 0.25) is 0 Å². The molecule has 1 aromatic carbocycles. The first-order valence-corrected chi connectivity index (χ1v) is 6.95. The minimum atomic E-state index is -0.219. The van der Waals surface area contributed by atoms with Gasteiger partial charge in [0.2, 0.25) is 0 Å². The highest BCUT2D eigenvalue weighted by Crippen LogP contribution is 2.33. The van der Waals surface area contributed by atoms with E-state index >= 15 is 0 Å². The number of benzene rings is 1. The third kappa shape index (κ3) is 2.07. The van der Waals surface area contributed by atoms with Crippen LogP contribution in [0.3, 0.4) is 0 Å². The highest BCUT2D eigenvalue weighted by atomic mass is 32.2. The van der Waals surface area contributed by atoms with E-state index in [1.165, 1.54) is 11.8 Å². The topological polar surface area (TPSA) is 105 Å². The average Bonchev–Trinajstić information content (AvgIpc) is 2.96. The summed E-state index contributed by atoms with van der Waals surface area (Å²) in [4.78, 5) is 12.5. The standard InChI is InChI=1S/C12H14N6OS/c1-6(2)18-11(19)16-17-12(18)20-10-4-9-7(3-8(10)13)5-14-15-9/h3-6H,13H2,1-2H3,(H,14,15)(H,16,19). The van der Waals surface area contributed by atoms with Crippen molar-refractivity contribution in [3.8, 4) is 0 Å². The van der Waals surface area contributed by atoms with E-state index in [-0.39, 0.29) is 11.7 Å². The summed E-state index contributed by atoms with van der Waals surface area (Å²) in [6.07, 6.45) is 1.72. The summed E-state index contributed by atoms with van der Waals surface area (Å²) in [7, 11) is 0. The normalized spacial score (nSPS) is 11.6. The summed E-state index contributed by atoms with van der Waals surface area (Å²) in [6, 6.07) is 3.79. The summed E-state index contributed by atoms with van der Waals surface area (Å²) in [6.45, 7) is 3.87. The van der Waals surface area contributed by atoms with E-state index in [0.29, 0.717) is 10.8 Å². The van der Waals surface area contributed by atoms with Crippen LogP contribution in [0.1, 0.15) is 19.9 Å². The van der Waals surface area contributed by atoms with Gasteiger partial charge < -0.3 is 5.73 Å². The van der Waals surface area contributed by atoms with Gasteiger partial charge in [-0.15, -0.1) is 5.10 Å². The van der Waals surface area contributed by atoms with E-state index < -0.39 is 0 Å². The van der Waals surface area contributed by atoms with Gasteiger partial charge in [0.15, 0.2) is 5.16 Å². The van der Waals surface area contributed by atoms with E-state index in [1.54, 1.807) is 10.8 Å². The molecule has 0 saturated heterocycles. The number of H-pyrrole nitrogens is 2. The number of hydrogen-bond donors (Lipinski definition) is 3. The molecule has 104 valence electrons. The number of nitrogens with one attached hydrogen (secondary N) is 2. The van der Waals surface area contributed by atoms with Crippen molar-refractivity contribution in [2.45, 2.75) is 29.9 Å². The van der Waals surface area contributed by atoms with Crippen LogP contribution in [-0.2, 0) is 0 Å². The van der Waals surface area contributed by atoms with Crippen LogP contribution in [0.25, 0.3) is 10.9 Å². The lowest BCUT2D eigenvalue weighted by molar-refractivity contribution is 0.534. The number of aromatic amines is 2. The van der Waals surface area contributed by atoms with E-state index in [4.69, 9.17) is 5.73 Å². The molecule has 0 saturated carbocycles. The Morgan fingerprint density at radius 1 is 1.35 bits per heavy atom. The third-order valence-electron chi connectivity index (χ3n) is 2.96. The average molecular weight is 290 g/mol. The van der Waals surface area contributed by atoms with Gasteiger partial charge in [0.1, 0.15) is 0 Å². The van der Waals surface area contributed by atoms with Crippen molar-refractivity contribution in [1.82, 2.24) is 25.0 Å². The van der Waals surface area contributed by atoms with Crippen LogP contribution in [0.15, 0.2) is 33.2 Å². The third-order valence-corrected chi connectivity index (χ3v) is 4.00. The molecule has 7 nitrogen and oxygen atoms in total. The lowest BCUT2D eigenvalue weighted by atomic mass is 10.2. The second-order valence-corrected chi connectivity index (χ2v) is 5.73. The van der Waals surface area contributed by atoms with Gasteiger partial charge in [-0.1, -0.05) is 0 Å². The highest BCUT2D eigenvalue weighted by molar-refractivity contribution is 7.99. The molecular formula is C12H14N6OS. The van der Waals surface area contributed by atoms with Crippen molar-refractivity contribution in [2.24, 2.45) is 0 Å². The number of nitrogen functional groups attached to an aromatic ring is 1. The Hall–Kier alpha value is -2.22. The number of hydrogen-bond acceptors (Lipinski definition) is 5. The van der Waals surface area contributed by atoms with Gasteiger partial charge in [0.25, 0.3) is 0 Å². The fourth-order valence-corrected chi connectivity index (χ4v) is 3.03. The van der Waals surface area contributed by atoms with Gasteiger partial charge in [-0.05, 0) is 37.7 Å². The van der Waals surface area contributed by atoms with Crippen LogP contribution < -0.4 is 11.4 Å². The van der Waals surface area contributed by atoms with Gasteiger partial charge in [0, 0.05) is 22.0 Å². The molecule has 4 N–H and O–H groups in total. The summed E-state index contributed by atoms with van der Waals surface area (Å²) in [5, 5.41) is 14.9. The van der Waals surface area contributed by atoms with Crippen molar-refractivity contribution in [2.75, 3.05) is 5.73 Å². The fourth-order valence-electron chi connectivity index (χ4n) is 1.99. The van der Waals surface area contributed by atoms with Crippen LogP contribution >= 0.6 is 11.8 Å². The van der Waals surface area contributed by atoms with Gasteiger partial charge in [-0.25, -0.2) is 9.89 Å². The second-order valence-electron chi connectivity index (χ2n) is 4.72. The molecular weight excluding hydrogens is 276 g/mol. The number of nitrogens with zero attached hydrogens (tertiary/aromatic N) is 3. The van der Waals surface area contributed by atoms with Gasteiger partial charge in [-0.2, -0.15) is 5.10 Å². The molecule has 2 heterocycles. The molecule has 0 unspecified atom stereocenters. The number of nitrogens with two attached hydrogens (primary N) is 1. The Labute approximate surface area is 118 Å². The molecule has 0 radical (unpaired) electrons. The molecule has 0 fully saturated rings. The minimum absolute atomic E-state index is 0.0286. The first-order valence-electron chi connectivity index (χ1n) is 6.13. The quantitative estimate of drug-likeness (QED) is 0.637. The van der Waals surface area contributed by atoms with Crippen LogP contribution in [-0.4, -0.2) is 25.0 Å². The lowest BCUT2D eigenvalue weighted by Gasteiger charge is -2.09. The predicted octanol–water partition coefficient (Wildman–Crippen LogP) is 1.76. The van der Waals surface area contributed by atoms with E-state index in [9.17, 15) is 4.79 Å². The molecule has 8 heteroatoms. The summed E-state index contributed by atoms with van der Waals surface area (Å²) >= 11 is 1.36. The van der Waals surface area contributed by atoms with Crippen molar-refractivity contribution >= 4 is 28.4 Å². The number of rotatable bonds is 3. The van der Waals surface area contributed by atoms with Gasteiger partial charge >= 0.3 is 5.69 Å². The predicted molar refractivity (Wildman–Crippen MR) is 77.9 cm³/mol. The summed E-state index contributed by atoms with van der Waals surface area (Å²) in [5.41, 5.74) is 7.35. The number of anilines is 1. The van der Waals surface area contributed by atoms with E-state index in [2.05, 4.69) is 20.4 Å². The Kier molecular flexibility index (Phi) is 3.01. The lowest BCUT2D eigenvalue weighted by Crippen LogP contribution is -2.19. The molecule has 0 aliphatic rings. The second kappa shape index (κ2) is 4.71. The molecule has 0 atom stereocenters. The molecule has 20 heavy (non-hydrogen) atoms. The van der Waals surface area contributed by atoms with Crippen molar-refractivity contribution < 1.29 is 0 Å². The van der Waals surface area contributed by atoms with Gasteiger partial charge in [-0.3, -0.25) is 9.67 Å². The summed E-state index contributed by atoms with van der Waals surface area (Å²) < 4.78 is 1.60. The minimum Gasteiger partial charge on any atom is -0.398 e. The first-order chi connectivity index (χ1) is 9.56. The largest absolute Gasteiger partial charge is 0.398 e. The van der Waals surface area contributed by atoms with Crippen LogP contribution in [0.5, 0.6) is 0 Å². The highest BCUT2D eigenvalue weighted by Gasteiger charge is 2.14. The summed E-state index contributed by atoms with van der Waals surface area (Å²) in [5.74, 6) is 0. The SMILES string of the molecule is CC(C)n1c(Sc2cc3[nH]ncc3cc2N)n[nH]c1=O. The molecule has 0 spiro atoms. The van der Waals surface area contributed by atoms with Crippen molar-refractivity contribution in [3.63, 3.8) is 0 Å². The zero-order valence-electron chi connectivity index (χ0n) is 11.0. The first kappa shape index (κ1) is 12.8. The molecule has 0 aliphatic heterocycles. The molecule has 3 aromatic rings. The number of aromatic nitrogens is 5. The zero-order valence-corrected chi connectivity index (χ0v) is 11.9. The molecule has 0 amide bonds. The monoisotopic (exact) mass is 290 g/mol.